The van der Waals surface area contributed by atoms with E-state index in [1.54, 1.807) is 11.3 Å². The first-order chi connectivity index (χ1) is 30.2. The van der Waals surface area contributed by atoms with Crippen LogP contribution in [0.2, 0.25) is 0 Å². The van der Waals surface area contributed by atoms with E-state index in [4.69, 9.17) is 15.0 Å². The maximum Gasteiger partial charge on any atom is 0.165 e. The predicted molar refractivity (Wildman–Crippen MR) is 258 cm³/mol. The average Bonchev–Trinajstić information content (AvgIpc) is 3.72. The molecule has 0 amide bonds. The molecule has 0 unspecified atom stereocenters. The molecule has 10 aromatic carbocycles. The van der Waals surface area contributed by atoms with E-state index in [1.165, 1.54) is 64.0 Å². The van der Waals surface area contributed by atoms with Crippen LogP contribution in [0.3, 0.4) is 0 Å². The van der Waals surface area contributed by atoms with Gasteiger partial charge >= 0.3 is 0 Å². The summed E-state index contributed by atoms with van der Waals surface area (Å²) >= 11 is 1.79. The van der Waals surface area contributed by atoms with Gasteiger partial charge in [-0.1, -0.05) is 182 Å². The number of thiophene rings is 1. The minimum atomic E-state index is 0.634. The summed E-state index contributed by atoms with van der Waals surface area (Å²) in [5.74, 6) is 1.94. The highest BCUT2D eigenvalue weighted by Gasteiger charge is 2.19. The highest BCUT2D eigenvalue weighted by molar-refractivity contribution is 7.26. The lowest BCUT2D eigenvalue weighted by atomic mass is 9.94. The van der Waals surface area contributed by atoms with Crippen LogP contribution in [0.25, 0.3) is 120 Å². The van der Waals surface area contributed by atoms with E-state index in [1.807, 2.05) is 0 Å². The maximum absolute atomic E-state index is 5.32. The number of hydrogen-bond donors (Lipinski definition) is 0. The first-order valence-electron chi connectivity index (χ1n) is 20.6. The van der Waals surface area contributed by atoms with Crippen molar-refractivity contribution in [2.45, 2.75) is 0 Å². The Morgan fingerprint density at radius 3 is 1.64 bits per heavy atom. The van der Waals surface area contributed by atoms with Crippen LogP contribution in [-0.4, -0.2) is 15.0 Å². The van der Waals surface area contributed by atoms with Crippen LogP contribution in [0.4, 0.5) is 0 Å². The summed E-state index contributed by atoms with van der Waals surface area (Å²) < 4.78 is 2.41. The van der Waals surface area contributed by atoms with Crippen LogP contribution in [0.1, 0.15) is 0 Å². The molecular weight excluding hydrogens is 759 g/mol. The van der Waals surface area contributed by atoms with Gasteiger partial charge < -0.3 is 0 Å². The van der Waals surface area contributed by atoms with E-state index in [2.05, 4.69) is 212 Å². The lowest BCUT2D eigenvalue weighted by molar-refractivity contribution is 1.08. The highest BCUT2D eigenvalue weighted by Crippen LogP contribution is 2.41. The lowest BCUT2D eigenvalue weighted by Crippen LogP contribution is -2.01. The van der Waals surface area contributed by atoms with Gasteiger partial charge in [0.1, 0.15) is 0 Å². The summed E-state index contributed by atoms with van der Waals surface area (Å²) in [4.78, 5) is 15.9. The Balaban J connectivity index is 1.02. The zero-order valence-electron chi connectivity index (χ0n) is 33.0. The average molecular weight is 794 g/mol. The highest BCUT2D eigenvalue weighted by atomic mass is 32.1. The third-order valence-electron chi connectivity index (χ3n) is 11.9. The van der Waals surface area contributed by atoms with Crippen LogP contribution in [-0.2, 0) is 0 Å². The van der Waals surface area contributed by atoms with Crippen molar-refractivity contribution in [3.63, 3.8) is 0 Å². The summed E-state index contributed by atoms with van der Waals surface area (Å²) in [5.41, 5.74) is 9.93. The summed E-state index contributed by atoms with van der Waals surface area (Å²) in [7, 11) is 0. The van der Waals surface area contributed by atoms with Gasteiger partial charge in [-0.25, -0.2) is 15.0 Å². The van der Waals surface area contributed by atoms with Gasteiger partial charge in [0.2, 0.25) is 0 Å². The molecule has 0 atom stereocenters. The largest absolute Gasteiger partial charge is 0.208 e. The van der Waals surface area contributed by atoms with Gasteiger partial charge in [0.25, 0.3) is 0 Å². The van der Waals surface area contributed by atoms with E-state index >= 15 is 0 Å². The minimum Gasteiger partial charge on any atom is -0.208 e. The van der Waals surface area contributed by atoms with E-state index in [0.29, 0.717) is 17.5 Å². The number of benzene rings is 10. The summed E-state index contributed by atoms with van der Waals surface area (Å²) in [6, 6.07) is 75.9. The number of fused-ring (bicyclic) bond motifs is 6. The Morgan fingerprint density at radius 1 is 0.262 bits per heavy atom. The molecule has 0 spiro atoms. The molecule has 0 N–H and O–H groups in total. The zero-order chi connectivity index (χ0) is 40.3. The molecule has 3 nitrogen and oxygen atoms in total. The van der Waals surface area contributed by atoms with Crippen molar-refractivity contribution in [2.24, 2.45) is 0 Å². The summed E-state index contributed by atoms with van der Waals surface area (Å²) in [6.45, 7) is 0. The second kappa shape index (κ2) is 14.5. The normalized spacial score (nSPS) is 11.6. The zero-order valence-corrected chi connectivity index (χ0v) is 33.8. The molecule has 0 aliphatic heterocycles. The summed E-state index contributed by atoms with van der Waals surface area (Å²) in [6.07, 6.45) is 0. The smallest absolute Gasteiger partial charge is 0.165 e. The molecule has 0 bridgehead atoms. The van der Waals surface area contributed by atoms with Gasteiger partial charge in [-0.05, 0) is 96.0 Å². The second-order valence-corrected chi connectivity index (χ2v) is 16.6. The van der Waals surface area contributed by atoms with Crippen molar-refractivity contribution in [1.82, 2.24) is 15.0 Å². The molecule has 12 rings (SSSR count). The van der Waals surface area contributed by atoms with Crippen molar-refractivity contribution < 1.29 is 0 Å². The maximum atomic E-state index is 5.32. The van der Waals surface area contributed by atoms with Crippen molar-refractivity contribution in [2.75, 3.05) is 0 Å². The van der Waals surface area contributed by atoms with Crippen molar-refractivity contribution in [3.05, 3.63) is 212 Å². The Bertz CT molecular complexity index is 3660. The lowest BCUT2D eigenvalue weighted by Gasteiger charge is -2.13. The third kappa shape index (κ3) is 6.16. The van der Waals surface area contributed by atoms with Crippen LogP contribution in [0.5, 0.6) is 0 Å². The van der Waals surface area contributed by atoms with Crippen molar-refractivity contribution >= 4 is 63.8 Å². The van der Waals surface area contributed by atoms with Crippen LogP contribution in [0, 0.1) is 0 Å². The fourth-order valence-electron chi connectivity index (χ4n) is 8.95. The number of hydrogen-bond acceptors (Lipinski definition) is 4. The van der Waals surface area contributed by atoms with Gasteiger partial charge in [-0.3, -0.25) is 0 Å². The van der Waals surface area contributed by atoms with Crippen LogP contribution < -0.4 is 0 Å². The topological polar surface area (TPSA) is 38.7 Å². The predicted octanol–water partition coefficient (Wildman–Crippen LogP) is 15.7. The van der Waals surface area contributed by atoms with E-state index in [0.717, 1.165) is 38.6 Å². The van der Waals surface area contributed by atoms with Gasteiger partial charge in [0, 0.05) is 36.9 Å². The molecule has 0 saturated carbocycles. The van der Waals surface area contributed by atoms with Crippen LogP contribution in [0.15, 0.2) is 212 Å². The molecule has 0 aliphatic carbocycles. The molecule has 0 fully saturated rings. The van der Waals surface area contributed by atoms with Crippen LogP contribution >= 0.6 is 11.3 Å². The number of nitrogens with zero attached hydrogens (tertiary/aromatic N) is 3. The first-order valence-corrected chi connectivity index (χ1v) is 21.4. The standard InChI is InChI=1S/C57H35N3S/c1-2-13-37(14-3-1)45-22-10-24-48-47(45)23-11-26-51(48)56-58-55(59-57(60-56)52-27-12-25-50-49-20-6-7-28-53(49)61-54(50)52)42-18-8-17-39(33-42)40-31-29-36-30-32-41(35-43(36)34-40)46-21-9-16-38-15-4-5-19-44(38)46/h1-35H. The number of rotatable bonds is 6. The Hall–Kier alpha value is -7.79. The Labute approximate surface area is 356 Å². The SMILES string of the molecule is c1ccc(-c2cccc3c(-c4nc(-c5cccc(-c6ccc7ccc(-c8cccc9ccccc89)cc7c6)c5)nc(-c5cccc6c5sc5ccccc56)n4)cccc23)cc1. The second-order valence-electron chi connectivity index (χ2n) is 15.5. The fourth-order valence-corrected chi connectivity index (χ4v) is 10.2. The molecule has 61 heavy (non-hydrogen) atoms. The molecule has 12 aromatic rings. The van der Waals surface area contributed by atoms with Gasteiger partial charge in [-0.2, -0.15) is 0 Å². The monoisotopic (exact) mass is 793 g/mol. The van der Waals surface area contributed by atoms with Gasteiger partial charge in [-0.15, -0.1) is 11.3 Å². The molecule has 4 heteroatoms. The van der Waals surface area contributed by atoms with Crippen molar-refractivity contribution in [1.29, 1.82) is 0 Å². The fraction of sp³-hybridized carbons (Fsp3) is 0. The first kappa shape index (κ1) is 35.2. The summed E-state index contributed by atoms with van der Waals surface area (Å²) in [5, 5.41) is 9.61. The third-order valence-corrected chi connectivity index (χ3v) is 13.1. The Morgan fingerprint density at radius 2 is 0.787 bits per heavy atom. The molecule has 2 aromatic heterocycles. The molecule has 2 heterocycles. The quantitative estimate of drug-likeness (QED) is 0.168. The molecule has 0 aliphatic rings. The molecule has 284 valence electrons. The molecular formula is C57H35N3S. The van der Waals surface area contributed by atoms with Crippen molar-refractivity contribution in [3.8, 4) is 67.5 Å². The van der Waals surface area contributed by atoms with E-state index < -0.39 is 0 Å². The minimum absolute atomic E-state index is 0.634. The van der Waals surface area contributed by atoms with Gasteiger partial charge in [0.15, 0.2) is 17.5 Å². The van der Waals surface area contributed by atoms with Gasteiger partial charge in [0.05, 0.1) is 0 Å². The van der Waals surface area contributed by atoms with E-state index in [-0.39, 0.29) is 0 Å². The molecule has 0 radical (unpaired) electrons. The number of aromatic nitrogens is 3. The van der Waals surface area contributed by atoms with E-state index in [9.17, 15) is 0 Å². The molecule has 0 saturated heterocycles. The Kier molecular flexibility index (Phi) is 8.36.